The van der Waals surface area contributed by atoms with Crippen LogP contribution in [0.1, 0.15) is 56.9 Å². The molecule has 0 saturated heterocycles. The molecule has 2 N–H and O–H groups in total. The summed E-state index contributed by atoms with van der Waals surface area (Å²) in [5.41, 5.74) is 2.29. The lowest BCUT2D eigenvalue weighted by Crippen LogP contribution is -2.46. The van der Waals surface area contributed by atoms with Crippen LogP contribution < -0.4 is 5.32 Å². The van der Waals surface area contributed by atoms with Crippen LogP contribution in [0.15, 0.2) is 18.2 Å². The molecular weight excluding hydrogens is 286 g/mol. The van der Waals surface area contributed by atoms with Gasteiger partial charge in [0.25, 0.3) is 0 Å². The molecule has 1 heterocycles. The number of aliphatic carboxylic acids is 1. The van der Waals surface area contributed by atoms with E-state index < -0.39 is 5.97 Å². The van der Waals surface area contributed by atoms with E-state index in [1.807, 2.05) is 12.1 Å². The van der Waals surface area contributed by atoms with Gasteiger partial charge < -0.3 is 10.4 Å². The number of carboxylic acid groups (broad SMARTS) is 1. The average Bonchev–Trinajstić information content (AvgIpc) is 2.78. The third-order valence-corrected chi connectivity index (χ3v) is 5.46. The Labute approximate surface area is 130 Å². The second kappa shape index (κ2) is 5.53. The van der Waals surface area contributed by atoms with Gasteiger partial charge in [0.2, 0.25) is 0 Å². The molecule has 0 bridgehead atoms. The molecule has 114 valence electrons. The highest BCUT2D eigenvalue weighted by Gasteiger charge is 2.49. The molecule has 1 aromatic carbocycles. The van der Waals surface area contributed by atoms with Crippen LogP contribution in [-0.2, 0) is 4.79 Å². The fraction of sp³-hybridized carbons (Fsp3) is 0.588. The van der Waals surface area contributed by atoms with Crippen molar-refractivity contribution in [3.63, 3.8) is 0 Å². The zero-order valence-corrected chi connectivity index (χ0v) is 13.1. The third-order valence-electron chi connectivity index (χ3n) is 5.23. The van der Waals surface area contributed by atoms with Gasteiger partial charge in [-0.25, -0.2) is 0 Å². The maximum Gasteiger partial charge on any atom is 0.303 e. The van der Waals surface area contributed by atoms with Gasteiger partial charge in [-0.15, -0.1) is 0 Å². The number of halogens is 1. The van der Waals surface area contributed by atoms with E-state index in [1.165, 1.54) is 5.56 Å². The highest BCUT2D eigenvalue weighted by Crippen LogP contribution is 2.55. The van der Waals surface area contributed by atoms with Crippen molar-refractivity contribution in [2.24, 2.45) is 5.41 Å². The van der Waals surface area contributed by atoms with Crippen LogP contribution in [-0.4, -0.2) is 17.1 Å². The molecule has 0 spiro atoms. The first-order chi connectivity index (χ1) is 10.1. The van der Waals surface area contributed by atoms with Crippen molar-refractivity contribution in [2.45, 2.75) is 57.4 Å². The van der Waals surface area contributed by atoms with E-state index in [0.29, 0.717) is 5.92 Å². The molecule has 1 aliphatic heterocycles. The Balaban J connectivity index is 1.97. The van der Waals surface area contributed by atoms with Gasteiger partial charge in [-0.3, -0.25) is 4.79 Å². The molecule has 4 heteroatoms. The Morgan fingerprint density at radius 3 is 3.05 bits per heavy atom. The number of carbonyl (C=O) groups is 1. The summed E-state index contributed by atoms with van der Waals surface area (Å²) in [5.74, 6) is -0.279. The van der Waals surface area contributed by atoms with E-state index in [9.17, 15) is 9.90 Å². The predicted molar refractivity (Wildman–Crippen MR) is 85.0 cm³/mol. The molecule has 0 radical (unpaired) electrons. The molecule has 3 nitrogen and oxygen atoms in total. The first-order valence-corrected chi connectivity index (χ1v) is 8.21. The number of nitrogens with one attached hydrogen (secondary N) is 1. The lowest BCUT2D eigenvalue weighted by atomic mass is 9.62. The maximum absolute atomic E-state index is 11.4. The zero-order valence-electron chi connectivity index (χ0n) is 12.4. The summed E-state index contributed by atoms with van der Waals surface area (Å²) in [7, 11) is 0. The number of hydrogen-bond donors (Lipinski definition) is 2. The first-order valence-electron chi connectivity index (χ1n) is 7.83. The summed E-state index contributed by atoms with van der Waals surface area (Å²) >= 11 is 6.15. The Morgan fingerprint density at radius 2 is 2.33 bits per heavy atom. The number of benzene rings is 1. The van der Waals surface area contributed by atoms with Crippen molar-refractivity contribution >= 4 is 23.3 Å². The first kappa shape index (κ1) is 14.7. The standard InChI is InChI=1S/C17H22ClNO2/c1-2-7-17(10-15(20)21)8-3-4-12-13-9-11(18)5-6-14(13)19-16(12)17/h5-6,9,12,16,19H,2-4,7-8,10H2,1H3,(H,20,21). The Bertz CT molecular complexity index is 556. The molecule has 3 unspecified atom stereocenters. The molecule has 21 heavy (non-hydrogen) atoms. The molecule has 0 amide bonds. The molecule has 3 atom stereocenters. The Kier molecular flexibility index (Phi) is 3.87. The number of hydrogen-bond acceptors (Lipinski definition) is 2. The summed E-state index contributed by atoms with van der Waals surface area (Å²) in [4.78, 5) is 11.4. The van der Waals surface area contributed by atoms with E-state index in [2.05, 4.69) is 18.3 Å². The minimum absolute atomic E-state index is 0.130. The van der Waals surface area contributed by atoms with Gasteiger partial charge in [0.05, 0.1) is 6.42 Å². The fourth-order valence-corrected chi connectivity index (χ4v) is 4.70. The molecule has 3 rings (SSSR count). The Hall–Kier alpha value is -1.22. The van der Waals surface area contributed by atoms with Gasteiger partial charge in [0, 0.05) is 28.1 Å². The van der Waals surface area contributed by atoms with Gasteiger partial charge in [-0.2, -0.15) is 0 Å². The lowest BCUT2D eigenvalue weighted by molar-refractivity contribution is -0.140. The Morgan fingerprint density at radius 1 is 1.52 bits per heavy atom. The molecule has 1 fully saturated rings. The van der Waals surface area contributed by atoms with Gasteiger partial charge in [-0.05, 0) is 43.0 Å². The highest BCUT2D eigenvalue weighted by atomic mass is 35.5. The molecule has 2 aliphatic rings. The number of carboxylic acids is 1. The average molecular weight is 308 g/mol. The van der Waals surface area contributed by atoms with Gasteiger partial charge >= 0.3 is 5.97 Å². The second-order valence-electron chi connectivity index (χ2n) is 6.54. The van der Waals surface area contributed by atoms with Crippen LogP contribution >= 0.6 is 11.6 Å². The van der Waals surface area contributed by atoms with Crippen molar-refractivity contribution in [2.75, 3.05) is 5.32 Å². The van der Waals surface area contributed by atoms with Crippen molar-refractivity contribution in [1.29, 1.82) is 0 Å². The predicted octanol–water partition coefficient (Wildman–Crippen LogP) is 4.66. The number of fused-ring (bicyclic) bond motifs is 3. The van der Waals surface area contributed by atoms with Crippen molar-refractivity contribution in [1.82, 2.24) is 0 Å². The molecule has 1 aromatic rings. The van der Waals surface area contributed by atoms with Crippen LogP contribution in [0.5, 0.6) is 0 Å². The molecule has 1 aliphatic carbocycles. The van der Waals surface area contributed by atoms with Crippen molar-refractivity contribution in [3.8, 4) is 0 Å². The van der Waals surface area contributed by atoms with Crippen LogP contribution in [0.4, 0.5) is 5.69 Å². The lowest BCUT2D eigenvalue weighted by Gasteiger charge is -2.45. The number of anilines is 1. The van der Waals surface area contributed by atoms with Crippen molar-refractivity contribution in [3.05, 3.63) is 28.8 Å². The van der Waals surface area contributed by atoms with Crippen LogP contribution in [0, 0.1) is 5.41 Å². The molecular formula is C17H22ClNO2. The van der Waals surface area contributed by atoms with E-state index in [4.69, 9.17) is 11.6 Å². The van der Waals surface area contributed by atoms with Gasteiger partial charge in [0.1, 0.15) is 0 Å². The quantitative estimate of drug-likeness (QED) is 0.850. The summed E-state index contributed by atoms with van der Waals surface area (Å²) in [6.45, 7) is 2.15. The zero-order chi connectivity index (χ0) is 15.0. The SMILES string of the molecule is CCCC1(CC(=O)O)CCCC2c3cc(Cl)ccc3NC21. The summed E-state index contributed by atoms with van der Waals surface area (Å²) in [5, 5.41) is 13.8. The highest BCUT2D eigenvalue weighted by molar-refractivity contribution is 6.30. The monoisotopic (exact) mass is 307 g/mol. The summed E-state index contributed by atoms with van der Waals surface area (Å²) in [6, 6.07) is 6.23. The van der Waals surface area contributed by atoms with Crippen LogP contribution in [0.3, 0.4) is 0 Å². The third kappa shape index (κ3) is 2.52. The summed E-state index contributed by atoms with van der Waals surface area (Å²) < 4.78 is 0. The number of rotatable bonds is 4. The van der Waals surface area contributed by atoms with Crippen LogP contribution in [0.2, 0.25) is 5.02 Å². The van der Waals surface area contributed by atoms with E-state index >= 15 is 0 Å². The van der Waals surface area contributed by atoms with E-state index in [-0.39, 0.29) is 17.9 Å². The fourth-order valence-electron chi connectivity index (χ4n) is 4.52. The second-order valence-corrected chi connectivity index (χ2v) is 6.97. The van der Waals surface area contributed by atoms with Gasteiger partial charge in [-0.1, -0.05) is 31.4 Å². The van der Waals surface area contributed by atoms with E-state index in [1.54, 1.807) is 0 Å². The minimum atomic E-state index is -0.681. The largest absolute Gasteiger partial charge is 0.481 e. The van der Waals surface area contributed by atoms with Crippen molar-refractivity contribution < 1.29 is 9.90 Å². The maximum atomic E-state index is 11.4. The smallest absolute Gasteiger partial charge is 0.303 e. The van der Waals surface area contributed by atoms with E-state index in [0.717, 1.165) is 42.8 Å². The molecule has 1 saturated carbocycles. The topological polar surface area (TPSA) is 49.3 Å². The minimum Gasteiger partial charge on any atom is -0.481 e. The van der Waals surface area contributed by atoms with Crippen LogP contribution in [0.25, 0.3) is 0 Å². The van der Waals surface area contributed by atoms with Gasteiger partial charge in [0.15, 0.2) is 0 Å². The summed E-state index contributed by atoms with van der Waals surface area (Å²) in [6.07, 6.45) is 5.47. The molecule has 0 aromatic heterocycles. The normalized spacial score (nSPS) is 30.4.